The van der Waals surface area contributed by atoms with E-state index in [-0.39, 0.29) is 11.9 Å². The van der Waals surface area contributed by atoms with Crippen LogP contribution in [0.1, 0.15) is 51.8 Å². The molecular weight excluding hydrogens is 370 g/mol. The Morgan fingerprint density at radius 3 is 2.50 bits per heavy atom. The van der Waals surface area contributed by atoms with E-state index in [1.54, 1.807) is 18.4 Å². The zero-order valence-corrected chi connectivity index (χ0v) is 18.2. The first-order valence-electron chi connectivity index (χ1n) is 9.70. The van der Waals surface area contributed by atoms with Gasteiger partial charge in [0.05, 0.1) is 10.7 Å². The number of aromatic nitrogens is 1. The number of thiazole rings is 1. The summed E-state index contributed by atoms with van der Waals surface area (Å²) in [5.74, 6) is 0.725. The second-order valence-corrected chi connectivity index (χ2v) is 8.12. The molecule has 0 radical (unpaired) electrons. The molecule has 1 amide bonds. The number of carbonyl (C=O) groups excluding carboxylic acids is 1. The number of carbonyl (C=O) groups is 1. The summed E-state index contributed by atoms with van der Waals surface area (Å²) < 4.78 is 0. The fourth-order valence-electron chi connectivity index (χ4n) is 2.52. The van der Waals surface area contributed by atoms with E-state index >= 15 is 0 Å². The number of hydrogen-bond donors (Lipinski definition) is 3. The SMILES string of the molecule is CCC(C)NC(=O)c1ccc(CNC(=NC)NCCc2nc(C)c(C)s2)cc1. The van der Waals surface area contributed by atoms with Crippen LogP contribution in [0.5, 0.6) is 0 Å². The lowest BCUT2D eigenvalue weighted by atomic mass is 10.1. The lowest BCUT2D eigenvalue weighted by Crippen LogP contribution is -2.37. The number of nitrogens with one attached hydrogen (secondary N) is 3. The van der Waals surface area contributed by atoms with Crippen molar-refractivity contribution in [3.63, 3.8) is 0 Å². The highest BCUT2D eigenvalue weighted by Crippen LogP contribution is 2.16. The Kier molecular flexibility index (Phi) is 8.44. The van der Waals surface area contributed by atoms with Crippen LogP contribution in [-0.4, -0.2) is 36.5 Å². The van der Waals surface area contributed by atoms with Crippen molar-refractivity contribution in [3.05, 3.63) is 51.0 Å². The Labute approximate surface area is 171 Å². The molecule has 3 N–H and O–H groups in total. The maximum atomic E-state index is 12.1. The summed E-state index contributed by atoms with van der Waals surface area (Å²) in [7, 11) is 1.76. The topological polar surface area (TPSA) is 78.4 Å². The van der Waals surface area contributed by atoms with Gasteiger partial charge in [-0.3, -0.25) is 9.79 Å². The van der Waals surface area contributed by atoms with E-state index in [2.05, 4.69) is 39.8 Å². The monoisotopic (exact) mass is 401 g/mol. The van der Waals surface area contributed by atoms with Crippen LogP contribution in [0.15, 0.2) is 29.3 Å². The Bertz CT molecular complexity index is 778. The molecule has 0 bridgehead atoms. The highest BCUT2D eigenvalue weighted by molar-refractivity contribution is 7.11. The second kappa shape index (κ2) is 10.8. The highest BCUT2D eigenvalue weighted by Gasteiger charge is 2.08. The van der Waals surface area contributed by atoms with Crippen LogP contribution in [0, 0.1) is 13.8 Å². The molecule has 0 aliphatic rings. The van der Waals surface area contributed by atoms with E-state index in [1.165, 1.54) is 4.88 Å². The molecule has 1 aromatic carbocycles. The van der Waals surface area contributed by atoms with E-state index in [0.29, 0.717) is 12.1 Å². The molecule has 0 spiro atoms. The van der Waals surface area contributed by atoms with E-state index in [9.17, 15) is 4.79 Å². The van der Waals surface area contributed by atoms with Crippen LogP contribution < -0.4 is 16.0 Å². The normalized spacial score (nSPS) is 12.5. The van der Waals surface area contributed by atoms with Gasteiger partial charge in [0.2, 0.25) is 0 Å². The van der Waals surface area contributed by atoms with Gasteiger partial charge in [-0.2, -0.15) is 0 Å². The van der Waals surface area contributed by atoms with Gasteiger partial charge in [0, 0.05) is 43.0 Å². The minimum atomic E-state index is -0.0287. The quantitative estimate of drug-likeness (QED) is 0.469. The van der Waals surface area contributed by atoms with Crippen molar-refractivity contribution in [2.24, 2.45) is 4.99 Å². The molecule has 28 heavy (non-hydrogen) atoms. The summed E-state index contributed by atoms with van der Waals surface area (Å²) in [6, 6.07) is 7.83. The molecule has 0 saturated heterocycles. The standard InChI is InChI=1S/C21H31N5OS/c1-6-14(2)25-20(27)18-9-7-17(8-10-18)13-24-21(22-5)23-12-11-19-26-15(3)16(4)28-19/h7-10,14H,6,11-13H2,1-5H3,(H,25,27)(H2,22,23,24). The smallest absolute Gasteiger partial charge is 0.251 e. The molecule has 0 aliphatic carbocycles. The largest absolute Gasteiger partial charge is 0.356 e. The Morgan fingerprint density at radius 1 is 1.21 bits per heavy atom. The van der Waals surface area contributed by atoms with Crippen molar-refractivity contribution < 1.29 is 4.79 Å². The Hall–Kier alpha value is -2.41. The fraction of sp³-hybridized carbons (Fsp3) is 0.476. The molecule has 152 valence electrons. The van der Waals surface area contributed by atoms with Crippen LogP contribution in [0.25, 0.3) is 0 Å². The first-order chi connectivity index (χ1) is 13.4. The summed E-state index contributed by atoms with van der Waals surface area (Å²) in [5, 5.41) is 10.7. The summed E-state index contributed by atoms with van der Waals surface area (Å²) in [4.78, 5) is 22.2. The molecule has 7 heteroatoms. The molecule has 6 nitrogen and oxygen atoms in total. The molecule has 1 unspecified atom stereocenters. The van der Waals surface area contributed by atoms with Gasteiger partial charge in [-0.1, -0.05) is 19.1 Å². The van der Waals surface area contributed by atoms with Crippen LogP contribution in [0.3, 0.4) is 0 Å². The van der Waals surface area contributed by atoms with Gasteiger partial charge < -0.3 is 16.0 Å². The summed E-state index contributed by atoms with van der Waals surface area (Å²) in [5.41, 5.74) is 2.89. The third-order valence-corrected chi connectivity index (χ3v) is 5.73. The van der Waals surface area contributed by atoms with Crippen LogP contribution in [0.2, 0.25) is 0 Å². The summed E-state index contributed by atoms with van der Waals surface area (Å²) in [6.07, 6.45) is 1.79. The lowest BCUT2D eigenvalue weighted by molar-refractivity contribution is 0.0939. The van der Waals surface area contributed by atoms with Crippen molar-refractivity contribution in [2.45, 2.75) is 53.1 Å². The number of hydrogen-bond acceptors (Lipinski definition) is 4. The molecular formula is C21H31N5OS. The predicted octanol–water partition coefficient (Wildman–Crippen LogP) is 3.20. The van der Waals surface area contributed by atoms with Crippen molar-refractivity contribution in [3.8, 4) is 0 Å². The third-order valence-electron chi connectivity index (χ3n) is 4.59. The Morgan fingerprint density at radius 2 is 1.93 bits per heavy atom. The van der Waals surface area contributed by atoms with Crippen molar-refractivity contribution in [1.82, 2.24) is 20.9 Å². The maximum absolute atomic E-state index is 12.1. The average molecular weight is 402 g/mol. The maximum Gasteiger partial charge on any atom is 0.251 e. The molecule has 2 rings (SSSR count). The van der Waals surface area contributed by atoms with Crippen LogP contribution in [0.4, 0.5) is 0 Å². The number of nitrogens with zero attached hydrogens (tertiary/aromatic N) is 2. The zero-order chi connectivity index (χ0) is 20.5. The first kappa shape index (κ1) is 21.9. The van der Waals surface area contributed by atoms with Crippen molar-refractivity contribution in [1.29, 1.82) is 0 Å². The molecule has 1 heterocycles. The summed E-state index contributed by atoms with van der Waals surface area (Å²) >= 11 is 1.75. The number of aliphatic imine (C=N–C) groups is 1. The minimum Gasteiger partial charge on any atom is -0.356 e. The highest BCUT2D eigenvalue weighted by atomic mass is 32.1. The third kappa shape index (κ3) is 6.64. The zero-order valence-electron chi connectivity index (χ0n) is 17.4. The molecule has 1 atom stereocenters. The predicted molar refractivity (Wildman–Crippen MR) is 117 cm³/mol. The molecule has 0 aliphatic heterocycles. The van der Waals surface area contributed by atoms with Gasteiger partial charge >= 0.3 is 0 Å². The molecule has 1 aromatic heterocycles. The first-order valence-corrected chi connectivity index (χ1v) is 10.5. The fourth-order valence-corrected chi connectivity index (χ4v) is 3.46. The number of aryl methyl sites for hydroxylation is 2. The number of amides is 1. The van der Waals surface area contributed by atoms with Crippen LogP contribution in [-0.2, 0) is 13.0 Å². The van der Waals surface area contributed by atoms with Gasteiger partial charge in [-0.25, -0.2) is 4.98 Å². The lowest BCUT2D eigenvalue weighted by Gasteiger charge is -2.13. The summed E-state index contributed by atoms with van der Waals surface area (Å²) in [6.45, 7) is 9.63. The van der Waals surface area contributed by atoms with Crippen LogP contribution >= 0.6 is 11.3 Å². The van der Waals surface area contributed by atoms with E-state index < -0.39 is 0 Å². The van der Waals surface area contributed by atoms with E-state index in [1.807, 2.05) is 38.1 Å². The van der Waals surface area contributed by atoms with Gasteiger partial charge in [0.1, 0.15) is 0 Å². The molecule has 0 fully saturated rings. The number of rotatable bonds is 8. The van der Waals surface area contributed by atoms with Crippen molar-refractivity contribution in [2.75, 3.05) is 13.6 Å². The minimum absolute atomic E-state index is 0.0287. The van der Waals surface area contributed by atoms with E-state index in [4.69, 9.17) is 0 Å². The average Bonchev–Trinajstić information content (AvgIpc) is 3.02. The van der Waals surface area contributed by atoms with E-state index in [0.717, 1.165) is 41.6 Å². The second-order valence-electron chi connectivity index (χ2n) is 6.83. The van der Waals surface area contributed by atoms with Gasteiger partial charge in [-0.15, -0.1) is 11.3 Å². The van der Waals surface area contributed by atoms with Gasteiger partial charge in [-0.05, 0) is 44.9 Å². The molecule has 2 aromatic rings. The van der Waals surface area contributed by atoms with Gasteiger partial charge in [0.15, 0.2) is 5.96 Å². The van der Waals surface area contributed by atoms with Crippen molar-refractivity contribution >= 4 is 23.2 Å². The number of guanidine groups is 1. The Balaban J connectivity index is 1.78. The molecule has 0 saturated carbocycles. The number of benzene rings is 1. The van der Waals surface area contributed by atoms with Gasteiger partial charge in [0.25, 0.3) is 5.91 Å².